The predicted octanol–water partition coefficient (Wildman–Crippen LogP) is 2.12. The molecular formula is C11H18F3NO2. The van der Waals surface area contributed by atoms with Gasteiger partial charge in [0.15, 0.2) is 0 Å². The maximum absolute atomic E-state index is 12.0. The van der Waals surface area contributed by atoms with Gasteiger partial charge in [0.25, 0.3) is 0 Å². The van der Waals surface area contributed by atoms with E-state index in [0.29, 0.717) is 13.2 Å². The van der Waals surface area contributed by atoms with Crippen LogP contribution in [0, 0.1) is 11.3 Å². The molecule has 1 amide bonds. The van der Waals surface area contributed by atoms with Crippen molar-refractivity contribution in [2.45, 2.75) is 32.9 Å². The van der Waals surface area contributed by atoms with E-state index in [2.05, 4.69) is 0 Å². The summed E-state index contributed by atoms with van der Waals surface area (Å²) >= 11 is 0. The lowest BCUT2D eigenvalue weighted by atomic mass is 9.74. The van der Waals surface area contributed by atoms with Crippen LogP contribution in [0.1, 0.15) is 26.7 Å². The van der Waals surface area contributed by atoms with Gasteiger partial charge in [0.1, 0.15) is 0 Å². The lowest BCUT2D eigenvalue weighted by molar-refractivity contribution is -0.174. The first-order valence-corrected chi connectivity index (χ1v) is 5.66. The van der Waals surface area contributed by atoms with Crippen molar-refractivity contribution < 1.29 is 22.7 Å². The second kappa shape index (κ2) is 5.25. The van der Waals surface area contributed by atoms with Gasteiger partial charge in [-0.25, -0.2) is 0 Å². The quantitative estimate of drug-likeness (QED) is 0.836. The van der Waals surface area contributed by atoms with E-state index < -0.39 is 12.1 Å². The van der Waals surface area contributed by atoms with E-state index in [0.717, 1.165) is 12.8 Å². The molecular weight excluding hydrogens is 235 g/mol. The zero-order valence-electron chi connectivity index (χ0n) is 10.1. The first kappa shape index (κ1) is 14.3. The summed E-state index contributed by atoms with van der Waals surface area (Å²) in [6.07, 6.45) is -3.14. The number of nitrogens with one attached hydrogen (secondary N) is 1. The molecule has 100 valence electrons. The molecule has 0 unspecified atom stereocenters. The van der Waals surface area contributed by atoms with Gasteiger partial charge in [0, 0.05) is 19.8 Å². The van der Waals surface area contributed by atoms with Crippen LogP contribution in [0.2, 0.25) is 0 Å². The van der Waals surface area contributed by atoms with E-state index >= 15 is 0 Å². The van der Waals surface area contributed by atoms with Crippen molar-refractivity contribution in [2.24, 2.45) is 11.3 Å². The fourth-order valence-electron chi connectivity index (χ4n) is 2.03. The van der Waals surface area contributed by atoms with Gasteiger partial charge in [0.2, 0.25) is 0 Å². The Balaban J connectivity index is 2.46. The van der Waals surface area contributed by atoms with Crippen LogP contribution in [0.15, 0.2) is 0 Å². The number of hydrogen-bond donors (Lipinski definition) is 1. The lowest BCUT2D eigenvalue weighted by Crippen LogP contribution is -2.45. The first-order valence-electron chi connectivity index (χ1n) is 5.66. The fourth-order valence-corrected chi connectivity index (χ4v) is 2.03. The van der Waals surface area contributed by atoms with Crippen molar-refractivity contribution in [1.29, 1.82) is 0 Å². The van der Waals surface area contributed by atoms with E-state index in [1.54, 1.807) is 0 Å². The molecule has 1 rings (SSSR count). The average Bonchev–Trinajstić information content (AvgIpc) is 2.26. The minimum Gasteiger partial charge on any atom is -0.381 e. The molecule has 1 fully saturated rings. The van der Waals surface area contributed by atoms with Crippen molar-refractivity contribution in [2.75, 3.05) is 19.8 Å². The van der Waals surface area contributed by atoms with Gasteiger partial charge in [-0.15, -0.1) is 0 Å². The van der Waals surface area contributed by atoms with Gasteiger partial charge in [-0.2, -0.15) is 13.2 Å². The van der Waals surface area contributed by atoms with Gasteiger partial charge in [-0.3, -0.25) is 4.79 Å². The Morgan fingerprint density at radius 1 is 1.29 bits per heavy atom. The van der Waals surface area contributed by atoms with E-state index in [4.69, 9.17) is 4.74 Å². The molecule has 1 N–H and O–H groups in total. The molecule has 0 aromatic rings. The molecule has 0 spiro atoms. The zero-order valence-corrected chi connectivity index (χ0v) is 10.1. The summed E-state index contributed by atoms with van der Waals surface area (Å²) in [6.45, 7) is 5.07. The highest BCUT2D eigenvalue weighted by Gasteiger charge is 2.40. The van der Waals surface area contributed by atoms with E-state index in [9.17, 15) is 18.0 Å². The molecule has 0 radical (unpaired) electrons. The van der Waals surface area contributed by atoms with Crippen LogP contribution >= 0.6 is 0 Å². The highest BCUT2D eigenvalue weighted by atomic mass is 19.4. The van der Waals surface area contributed by atoms with Crippen LogP contribution in [-0.2, 0) is 9.53 Å². The standard InChI is InChI=1S/C11H18F3NO2/c1-10(2,8-3-5-17-6-4-8)7-15-9(16)11(12,13)14/h8H,3-7H2,1-2H3,(H,15,16). The van der Waals surface area contributed by atoms with Crippen LogP contribution < -0.4 is 5.32 Å². The van der Waals surface area contributed by atoms with E-state index in [1.807, 2.05) is 19.2 Å². The molecule has 0 atom stereocenters. The summed E-state index contributed by atoms with van der Waals surface area (Å²) in [5.74, 6) is -1.58. The number of halogens is 3. The highest BCUT2D eigenvalue weighted by molar-refractivity contribution is 5.81. The third-order valence-corrected chi connectivity index (χ3v) is 3.29. The van der Waals surface area contributed by atoms with Crippen molar-refractivity contribution >= 4 is 5.91 Å². The number of amides is 1. The molecule has 1 aliphatic heterocycles. The number of carbonyl (C=O) groups is 1. The average molecular weight is 253 g/mol. The highest BCUT2D eigenvalue weighted by Crippen LogP contribution is 2.33. The van der Waals surface area contributed by atoms with E-state index in [1.165, 1.54) is 0 Å². The Morgan fingerprint density at radius 2 is 1.82 bits per heavy atom. The summed E-state index contributed by atoms with van der Waals surface area (Å²) in [6, 6.07) is 0. The van der Waals surface area contributed by atoms with E-state index in [-0.39, 0.29) is 17.9 Å². The SMILES string of the molecule is CC(C)(CNC(=O)C(F)(F)F)C1CCOCC1. The van der Waals surface area contributed by atoms with Crippen molar-refractivity contribution in [3.05, 3.63) is 0 Å². The molecule has 0 bridgehead atoms. The molecule has 0 aliphatic carbocycles. The molecule has 1 heterocycles. The number of hydrogen-bond acceptors (Lipinski definition) is 2. The van der Waals surface area contributed by atoms with Crippen molar-refractivity contribution in [1.82, 2.24) is 5.32 Å². The number of ether oxygens (including phenoxy) is 1. The summed E-state index contributed by atoms with van der Waals surface area (Å²) in [7, 11) is 0. The summed E-state index contributed by atoms with van der Waals surface area (Å²) < 4.78 is 41.3. The Hall–Kier alpha value is -0.780. The molecule has 3 nitrogen and oxygen atoms in total. The third kappa shape index (κ3) is 4.18. The molecule has 17 heavy (non-hydrogen) atoms. The van der Waals surface area contributed by atoms with Crippen LogP contribution in [0.25, 0.3) is 0 Å². The Bertz CT molecular complexity index is 270. The second-order valence-corrected chi connectivity index (χ2v) is 5.06. The smallest absolute Gasteiger partial charge is 0.381 e. The maximum Gasteiger partial charge on any atom is 0.471 e. The monoisotopic (exact) mass is 253 g/mol. The molecule has 1 saturated heterocycles. The van der Waals surface area contributed by atoms with Gasteiger partial charge < -0.3 is 10.1 Å². The first-order chi connectivity index (χ1) is 7.73. The Labute approximate surface area is 98.7 Å². The van der Waals surface area contributed by atoms with Gasteiger partial charge in [-0.05, 0) is 24.2 Å². The Kier molecular flexibility index (Phi) is 4.41. The number of alkyl halides is 3. The summed E-state index contributed by atoms with van der Waals surface area (Å²) in [5.41, 5.74) is -0.343. The minimum absolute atomic E-state index is 0.0377. The van der Waals surface area contributed by atoms with Crippen molar-refractivity contribution in [3.63, 3.8) is 0 Å². The fraction of sp³-hybridized carbons (Fsp3) is 0.909. The number of carbonyl (C=O) groups excluding carboxylic acids is 1. The van der Waals surface area contributed by atoms with Crippen LogP contribution in [0.4, 0.5) is 13.2 Å². The molecule has 6 heteroatoms. The predicted molar refractivity (Wildman–Crippen MR) is 56.4 cm³/mol. The third-order valence-electron chi connectivity index (χ3n) is 3.29. The zero-order chi connectivity index (χ0) is 13.1. The molecule has 0 aromatic heterocycles. The minimum atomic E-state index is -4.80. The van der Waals surface area contributed by atoms with Crippen LogP contribution in [-0.4, -0.2) is 31.8 Å². The van der Waals surface area contributed by atoms with Crippen LogP contribution in [0.5, 0.6) is 0 Å². The van der Waals surface area contributed by atoms with Gasteiger partial charge in [0.05, 0.1) is 0 Å². The summed E-state index contributed by atoms with van der Waals surface area (Å²) in [4.78, 5) is 10.7. The van der Waals surface area contributed by atoms with Crippen LogP contribution in [0.3, 0.4) is 0 Å². The second-order valence-electron chi connectivity index (χ2n) is 5.06. The normalized spacial score (nSPS) is 19.1. The largest absolute Gasteiger partial charge is 0.471 e. The topological polar surface area (TPSA) is 38.3 Å². The maximum atomic E-state index is 12.0. The number of rotatable bonds is 3. The van der Waals surface area contributed by atoms with Gasteiger partial charge in [-0.1, -0.05) is 13.8 Å². The molecule has 0 aromatic carbocycles. The molecule has 1 aliphatic rings. The summed E-state index contributed by atoms with van der Waals surface area (Å²) in [5, 5.41) is 1.96. The molecule has 0 saturated carbocycles. The van der Waals surface area contributed by atoms with Gasteiger partial charge >= 0.3 is 12.1 Å². The lowest BCUT2D eigenvalue weighted by Gasteiger charge is -2.37. The van der Waals surface area contributed by atoms with Crippen molar-refractivity contribution in [3.8, 4) is 0 Å². The Morgan fingerprint density at radius 3 is 2.29 bits per heavy atom.